The molecule has 0 aromatic rings. The van der Waals surface area contributed by atoms with Crippen molar-refractivity contribution < 1.29 is 9.84 Å². The maximum Gasteiger partial charge on any atom is 0.0730 e. The van der Waals surface area contributed by atoms with Crippen LogP contribution in [-0.4, -0.2) is 48.5 Å². The van der Waals surface area contributed by atoms with Gasteiger partial charge in [-0.15, -0.1) is 0 Å². The van der Waals surface area contributed by atoms with E-state index in [9.17, 15) is 5.11 Å². The summed E-state index contributed by atoms with van der Waals surface area (Å²) in [5, 5.41) is 9.55. The summed E-state index contributed by atoms with van der Waals surface area (Å²) < 4.78 is 5.89. The normalized spacial score (nSPS) is 34.1. The Morgan fingerprint density at radius 1 is 1.35 bits per heavy atom. The molecule has 0 aromatic carbocycles. The van der Waals surface area contributed by atoms with Gasteiger partial charge >= 0.3 is 0 Å². The molecule has 1 aliphatic heterocycles. The van der Waals surface area contributed by atoms with Crippen molar-refractivity contribution in [3.8, 4) is 0 Å². The van der Waals surface area contributed by atoms with Gasteiger partial charge < -0.3 is 9.84 Å². The molecule has 1 aliphatic carbocycles. The number of rotatable bonds is 4. The fraction of sp³-hybridized carbons (Fsp3) is 1.00. The molecule has 2 fully saturated rings. The van der Waals surface area contributed by atoms with Gasteiger partial charge in [-0.2, -0.15) is 0 Å². The Kier molecular flexibility index (Phi) is 4.45. The topological polar surface area (TPSA) is 32.7 Å². The lowest BCUT2D eigenvalue weighted by molar-refractivity contribution is -0.101. The minimum Gasteiger partial charge on any atom is -0.396 e. The van der Waals surface area contributed by atoms with Crippen LogP contribution in [0.5, 0.6) is 0 Å². The standard InChI is InChI=1S/C14H27NO2/c1-3-14(2,11-16)10-15-8-9-17-13-7-5-4-6-12(13)15/h12-13,16H,3-11H2,1-2H3. The second kappa shape index (κ2) is 5.68. The van der Waals surface area contributed by atoms with Crippen LogP contribution in [0.1, 0.15) is 46.0 Å². The highest BCUT2D eigenvalue weighted by Gasteiger charge is 2.37. The van der Waals surface area contributed by atoms with Crippen LogP contribution in [0, 0.1) is 5.41 Å². The summed E-state index contributed by atoms with van der Waals surface area (Å²) in [4.78, 5) is 2.58. The minimum absolute atomic E-state index is 0.0549. The molecule has 3 atom stereocenters. The van der Waals surface area contributed by atoms with E-state index in [-0.39, 0.29) is 12.0 Å². The van der Waals surface area contributed by atoms with Crippen molar-refractivity contribution in [2.75, 3.05) is 26.3 Å². The molecule has 3 unspecified atom stereocenters. The average molecular weight is 241 g/mol. The monoisotopic (exact) mass is 241 g/mol. The molecule has 3 nitrogen and oxygen atoms in total. The summed E-state index contributed by atoms with van der Waals surface area (Å²) in [6.45, 7) is 7.58. The Morgan fingerprint density at radius 3 is 2.82 bits per heavy atom. The Bertz CT molecular complexity index is 238. The van der Waals surface area contributed by atoms with Gasteiger partial charge in [0.15, 0.2) is 0 Å². The van der Waals surface area contributed by atoms with E-state index >= 15 is 0 Å². The van der Waals surface area contributed by atoms with Gasteiger partial charge in [-0.05, 0) is 19.3 Å². The summed E-state index contributed by atoms with van der Waals surface area (Å²) in [5.74, 6) is 0. The van der Waals surface area contributed by atoms with Crippen molar-refractivity contribution in [2.24, 2.45) is 5.41 Å². The van der Waals surface area contributed by atoms with Gasteiger partial charge in [-0.3, -0.25) is 4.90 Å². The predicted molar refractivity (Wildman–Crippen MR) is 69.1 cm³/mol. The first-order chi connectivity index (χ1) is 8.18. The van der Waals surface area contributed by atoms with Crippen LogP contribution in [0.2, 0.25) is 0 Å². The quantitative estimate of drug-likeness (QED) is 0.817. The number of morpholine rings is 1. The Labute approximate surface area is 105 Å². The first-order valence-electron chi connectivity index (χ1n) is 7.15. The van der Waals surface area contributed by atoms with Crippen molar-refractivity contribution in [3.63, 3.8) is 0 Å². The molecule has 1 saturated heterocycles. The molecule has 0 aromatic heterocycles. The van der Waals surface area contributed by atoms with E-state index in [2.05, 4.69) is 18.7 Å². The van der Waals surface area contributed by atoms with E-state index in [1.54, 1.807) is 0 Å². The third-order valence-corrected chi connectivity index (χ3v) is 4.67. The Balaban J connectivity index is 1.98. The highest BCUT2D eigenvalue weighted by atomic mass is 16.5. The average Bonchev–Trinajstić information content (AvgIpc) is 2.39. The molecule has 1 heterocycles. The highest BCUT2D eigenvalue weighted by molar-refractivity contribution is 4.90. The van der Waals surface area contributed by atoms with Gasteiger partial charge in [0.1, 0.15) is 0 Å². The van der Waals surface area contributed by atoms with Crippen LogP contribution < -0.4 is 0 Å². The third-order valence-electron chi connectivity index (χ3n) is 4.67. The fourth-order valence-corrected chi connectivity index (χ4v) is 3.14. The van der Waals surface area contributed by atoms with E-state index < -0.39 is 0 Å². The predicted octanol–water partition coefficient (Wildman–Crippen LogP) is 2.04. The van der Waals surface area contributed by atoms with Crippen molar-refractivity contribution in [2.45, 2.75) is 58.1 Å². The number of fused-ring (bicyclic) bond motifs is 1. The maximum absolute atomic E-state index is 9.55. The molecular formula is C14H27NO2. The second-order valence-corrected chi connectivity index (χ2v) is 6.05. The van der Waals surface area contributed by atoms with E-state index in [0.717, 1.165) is 26.1 Å². The number of nitrogens with zero attached hydrogens (tertiary/aromatic N) is 1. The molecule has 100 valence electrons. The zero-order chi connectivity index (χ0) is 12.3. The van der Waals surface area contributed by atoms with Gasteiger partial charge in [-0.25, -0.2) is 0 Å². The molecular weight excluding hydrogens is 214 g/mol. The summed E-state index contributed by atoms with van der Waals surface area (Å²) in [5.41, 5.74) is 0.0549. The summed E-state index contributed by atoms with van der Waals surface area (Å²) in [7, 11) is 0. The van der Waals surface area contributed by atoms with Crippen molar-refractivity contribution in [1.82, 2.24) is 4.90 Å². The first kappa shape index (κ1) is 13.3. The first-order valence-corrected chi connectivity index (χ1v) is 7.15. The smallest absolute Gasteiger partial charge is 0.0730 e. The minimum atomic E-state index is 0.0549. The van der Waals surface area contributed by atoms with E-state index in [4.69, 9.17) is 4.74 Å². The number of hydrogen-bond acceptors (Lipinski definition) is 3. The van der Waals surface area contributed by atoms with Gasteiger partial charge in [0.2, 0.25) is 0 Å². The van der Waals surface area contributed by atoms with Crippen molar-refractivity contribution in [3.05, 3.63) is 0 Å². The molecule has 0 spiro atoms. The van der Waals surface area contributed by atoms with Crippen LogP contribution in [0.25, 0.3) is 0 Å². The zero-order valence-electron chi connectivity index (χ0n) is 11.3. The van der Waals surface area contributed by atoms with Gasteiger partial charge in [-0.1, -0.05) is 26.7 Å². The summed E-state index contributed by atoms with van der Waals surface area (Å²) in [6.07, 6.45) is 6.65. The molecule has 2 rings (SSSR count). The largest absolute Gasteiger partial charge is 0.396 e. The maximum atomic E-state index is 9.55. The Hall–Kier alpha value is -0.120. The fourth-order valence-electron chi connectivity index (χ4n) is 3.14. The van der Waals surface area contributed by atoms with Crippen LogP contribution in [0.3, 0.4) is 0 Å². The second-order valence-electron chi connectivity index (χ2n) is 6.05. The third kappa shape index (κ3) is 3.01. The molecule has 1 N–H and O–H groups in total. The van der Waals surface area contributed by atoms with Crippen LogP contribution in [0.4, 0.5) is 0 Å². The van der Waals surface area contributed by atoms with Gasteiger partial charge in [0.05, 0.1) is 12.7 Å². The molecule has 0 radical (unpaired) electrons. The summed E-state index contributed by atoms with van der Waals surface area (Å²) in [6, 6.07) is 0.606. The molecule has 2 aliphatic rings. The van der Waals surface area contributed by atoms with Crippen molar-refractivity contribution >= 4 is 0 Å². The zero-order valence-corrected chi connectivity index (χ0v) is 11.3. The van der Waals surface area contributed by atoms with Crippen LogP contribution in [0.15, 0.2) is 0 Å². The molecule has 3 heteroatoms. The Morgan fingerprint density at radius 2 is 2.12 bits per heavy atom. The lowest BCUT2D eigenvalue weighted by atomic mass is 9.84. The van der Waals surface area contributed by atoms with Gasteiger partial charge in [0.25, 0.3) is 0 Å². The molecule has 0 bridgehead atoms. The summed E-state index contributed by atoms with van der Waals surface area (Å²) >= 11 is 0. The number of ether oxygens (including phenoxy) is 1. The van der Waals surface area contributed by atoms with Crippen molar-refractivity contribution in [1.29, 1.82) is 0 Å². The molecule has 17 heavy (non-hydrogen) atoms. The number of aliphatic hydroxyl groups is 1. The number of aliphatic hydroxyl groups excluding tert-OH is 1. The highest BCUT2D eigenvalue weighted by Crippen LogP contribution is 2.31. The number of hydrogen-bond donors (Lipinski definition) is 1. The molecule has 0 amide bonds. The van der Waals surface area contributed by atoms with E-state index in [1.165, 1.54) is 25.7 Å². The van der Waals surface area contributed by atoms with Gasteiger partial charge in [0, 0.05) is 31.2 Å². The SMILES string of the molecule is CCC(C)(CO)CN1CCOC2CCCCC21. The van der Waals surface area contributed by atoms with E-state index in [0.29, 0.717) is 12.1 Å². The van der Waals surface area contributed by atoms with E-state index in [1.807, 2.05) is 0 Å². The van der Waals surface area contributed by atoms with Crippen LogP contribution >= 0.6 is 0 Å². The lowest BCUT2D eigenvalue weighted by Crippen LogP contribution is -2.55. The molecule has 1 saturated carbocycles. The van der Waals surface area contributed by atoms with Crippen LogP contribution in [-0.2, 0) is 4.74 Å². The lowest BCUT2D eigenvalue weighted by Gasteiger charge is -2.46.